The summed E-state index contributed by atoms with van der Waals surface area (Å²) >= 11 is 1.69. The van der Waals surface area contributed by atoms with Crippen LogP contribution in [0.4, 0.5) is 0 Å². The van der Waals surface area contributed by atoms with E-state index in [-0.39, 0.29) is 11.9 Å². The molecule has 1 atom stereocenters. The van der Waals surface area contributed by atoms with E-state index >= 15 is 0 Å². The highest BCUT2D eigenvalue weighted by Gasteiger charge is 2.33. The summed E-state index contributed by atoms with van der Waals surface area (Å²) in [4.78, 5) is 16.1. The number of thiophene rings is 1. The van der Waals surface area contributed by atoms with Crippen LogP contribution in [0.15, 0.2) is 29.6 Å². The van der Waals surface area contributed by atoms with Gasteiger partial charge in [-0.05, 0) is 61.1 Å². The predicted molar refractivity (Wildman–Crippen MR) is 104 cm³/mol. The molecule has 1 aliphatic heterocycles. The Morgan fingerprint density at radius 2 is 2.08 bits per heavy atom. The van der Waals surface area contributed by atoms with Crippen molar-refractivity contribution < 1.29 is 14.3 Å². The lowest BCUT2D eigenvalue weighted by atomic mass is 9.90. The Labute approximate surface area is 158 Å². The molecular formula is C20H26N2O3S. The molecule has 0 radical (unpaired) electrons. The van der Waals surface area contributed by atoms with E-state index in [1.165, 1.54) is 10.4 Å². The van der Waals surface area contributed by atoms with Gasteiger partial charge in [-0.1, -0.05) is 6.07 Å². The summed E-state index contributed by atoms with van der Waals surface area (Å²) in [6.45, 7) is 1.58. The van der Waals surface area contributed by atoms with E-state index < -0.39 is 0 Å². The fraction of sp³-hybridized carbons (Fsp3) is 0.450. The molecule has 140 valence electrons. The van der Waals surface area contributed by atoms with Crippen LogP contribution in [0, 0.1) is 0 Å². The summed E-state index contributed by atoms with van der Waals surface area (Å²) in [5, 5.41) is 5.17. The van der Waals surface area contributed by atoms with Crippen molar-refractivity contribution in [2.24, 2.45) is 0 Å². The fourth-order valence-electron chi connectivity index (χ4n) is 3.53. The van der Waals surface area contributed by atoms with Crippen LogP contribution in [0.1, 0.15) is 34.9 Å². The molecule has 6 heteroatoms. The largest absolute Gasteiger partial charge is 0.493 e. The summed E-state index contributed by atoms with van der Waals surface area (Å²) in [6.07, 6.45) is 2.24. The Morgan fingerprint density at radius 3 is 2.73 bits per heavy atom. The second kappa shape index (κ2) is 8.56. The number of hydrogen-bond donors (Lipinski definition) is 1. The van der Waals surface area contributed by atoms with E-state index in [9.17, 15) is 4.79 Å². The second-order valence-corrected chi connectivity index (χ2v) is 7.35. The number of carbonyl (C=O) groups is 1. The van der Waals surface area contributed by atoms with Gasteiger partial charge in [0, 0.05) is 17.8 Å². The molecule has 1 unspecified atom stereocenters. The summed E-state index contributed by atoms with van der Waals surface area (Å²) in [6, 6.07) is 8.18. The van der Waals surface area contributed by atoms with Gasteiger partial charge in [0.2, 0.25) is 5.91 Å². The van der Waals surface area contributed by atoms with Crippen molar-refractivity contribution in [2.75, 3.05) is 34.4 Å². The van der Waals surface area contributed by atoms with Crippen LogP contribution in [0.2, 0.25) is 0 Å². The molecule has 1 aromatic heterocycles. The molecule has 1 aromatic carbocycles. The summed E-state index contributed by atoms with van der Waals surface area (Å²) in [7, 11) is 5.21. The minimum absolute atomic E-state index is 0.0550. The Hall–Kier alpha value is -2.05. The number of methoxy groups -OCH3 is 2. The zero-order chi connectivity index (χ0) is 18.5. The molecule has 0 saturated carbocycles. The molecule has 2 heterocycles. The lowest BCUT2D eigenvalue weighted by Gasteiger charge is -2.37. The third-order valence-electron chi connectivity index (χ3n) is 4.82. The monoisotopic (exact) mass is 374 g/mol. The van der Waals surface area contributed by atoms with E-state index in [0.29, 0.717) is 12.2 Å². The Balaban J connectivity index is 1.98. The molecule has 5 nitrogen and oxygen atoms in total. The number of carbonyl (C=O) groups excluding carboxylic acids is 1. The minimum atomic E-state index is -0.0550. The van der Waals surface area contributed by atoms with E-state index in [0.717, 1.165) is 37.2 Å². The molecule has 0 bridgehead atoms. The van der Waals surface area contributed by atoms with Gasteiger partial charge < -0.3 is 19.7 Å². The smallest absolute Gasteiger partial charge is 0.223 e. The van der Waals surface area contributed by atoms with E-state index in [4.69, 9.17) is 9.47 Å². The molecule has 2 aromatic rings. The Morgan fingerprint density at radius 1 is 1.31 bits per heavy atom. The lowest BCUT2D eigenvalue weighted by molar-refractivity contribution is -0.133. The molecule has 1 N–H and O–H groups in total. The van der Waals surface area contributed by atoms with Crippen molar-refractivity contribution in [2.45, 2.75) is 25.3 Å². The van der Waals surface area contributed by atoms with Gasteiger partial charge in [0.25, 0.3) is 0 Å². The predicted octanol–water partition coefficient (Wildman–Crippen LogP) is 3.24. The maximum atomic E-state index is 12.9. The van der Waals surface area contributed by atoms with Crippen LogP contribution in [0.5, 0.6) is 11.5 Å². The maximum absolute atomic E-state index is 12.9. The maximum Gasteiger partial charge on any atom is 0.223 e. The number of nitrogens with one attached hydrogen (secondary N) is 1. The highest BCUT2D eigenvalue weighted by atomic mass is 32.1. The molecule has 26 heavy (non-hydrogen) atoms. The molecular weight excluding hydrogens is 348 g/mol. The van der Waals surface area contributed by atoms with Gasteiger partial charge in [0.1, 0.15) is 0 Å². The zero-order valence-corrected chi connectivity index (χ0v) is 16.4. The highest BCUT2D eigenvalue weighted by molar-refractivity contribution is 7.10. The normalized spacial score (nSPS) is 16.3. The van der Waals surface area contributed by atoms with Crippen molar-refractivity contribution in [3.05, 3.63) is 45.6 Å². The first-order valence-corrected chi connectivity index (χ1v) is 9.79. The molecule has 0 fully saturated rings. The van der Waals surface area contributed by atoms with Gasteiger partial charge in [-0.15, -0.1) is 11.3 Å². The molecule has 3 rings (SSSR count). The average molecular weight is 375 g/mol. The van der Waals surface area contributed by atoms with Crippen molar-refractivity contribution in [1.82, 2.24) is 10.2 Å². The number of fused-ring (bicyclic) bond motifs is 1. The van der Waals surface area contributed by atoms with Gasteiger partial charge in [-0.3, -0.25) is 4.79 Å². The first-order chi connectivity index (χ1) is 12.7. The second-order valence-electron chi connectivity index (χ2n) is 6.37. The molecule has 1 aliphatic rings. The number of amides is 1. The van der Waals surface area contributed by atoms with Crippen molar-refractivity contribution >= 4 is 17.2 Å². The Kier molecular flexibility index (Phi) is 6.16. The third-order valence-corrected chi connectivity index (χ3v) is 5.75. The van der Waals surface area contributed by atoms with Crippen LogP contribution < -0.4 is 14.8 Å². The Bertz CT molecular complexity index is 746. The highest BCUT2D eigenvalue weighted by Crippen LogP contribution is 2.42. The van der Waals surface area contributed by atoms with Crippen LogP contribution in [0.25, 0.3) is 0 Å². The number of nitrogens with zero attached hydrogens (tertiary/aromatic N) is 1. The quantitative estimate of drug-likeness (QED) is 0.756. The average Bonchev–Trinajstić information content (AvgIpc) is 3.20. The van der Waals surface area contributed by atoms with Gasteiger partial charge in [0.15, 0.2) is 11.5 Å². The first kappa shape index (κ1) is 18.7. The number of ether oxygens (including phenoxy) is 2. The molecule has 1 amide bonds. The van der Waals surface area contributed by atoms with Crippen LogP contribution in [0.3, 0.4) is 0 Å². The fourth-order valence-corrected chi connectivity index (χ4v) is 4.38. The SMILES string of the molecule is CNCCCC(=O)N1CCc2cc(OC)c(OC)cc2C1c1cccs1. The number of rotatable bonds is 7. The summed E-state index contributed by atoms with van der Waals surface area (Å²) in [5.41, 5.74) is 2.36. The van der Waals surface area contributed by atoms with E-state index in [2.05, 4.69) is 22.8 Å². The van der Waals surface area contributed by atoms with E-state index in [1.54, 1.807) is 25.6 Å². The van der Waals surface area contributed by atoms with Crippen molar-refractivity contribution in [3.8, 4) is 11.5 Å². The topological polar surface area (TPSA) is 50.8 Å². The van der Waals surface area contributed by atoms with Gasteiger partial charge >= 0.3 is 0 Å². The van der Waals surface area contributed by atoms with Gasteiger partial charge in [-0.25, -0.2) is 0 Å². The number of benzene rings is 1. The first-order valence-electron chi connectivity index (χ1n) is 8.91. The van der Waals surface area contributed by atoms with Crippen molar-refractivity contribution in [3.63, 3.8) is 0 Å². The molecule has 0 aliphatic carbocycles. The van der Waals surface area contributed by atoms with E-state index in [1.807, 2.05) is 24.1 Å². The van der Waals surface area contributed by atoms with Crippen LogP contribution >= 0.6 is 11.3 Å². The van der Waals surface area contributed by atoms with Gasteiger partial charge in [-0.2, -0.15) is 0 Å². The standard InChI is InChI=1S/C20H26N2O3S/c1-21-9-4-7-19(23)22-10-8-14-12-16(24-2)17(25-3)13-15(14)20(22)18-6-5-11-26-18/h5-6,11-13,20-21H,4,7-10H2,1-3H3. The van der Waals surface area contributed by atoms with Crippen LogP contribution in [-0.2, 0) is 11.2 Å². The third kappa shape index (κ3) is 3.71. The molecule has 0 spiro atoms. The number of hydrogen-bond acceptors (Lipinski definition) is 5. The van der Waals surface area contributed by atoms with Crippen molar-refractivity contribution in [1.29, 1.82) is 0 Å². The van der Waals surface area contributed by atoms with Gasteiger partial charge in [0.05, 0.1) is 20.3 Å². The summed E-state index contributed by atoms with van der Waals surface area (Å²) in [5.74, 6) is 1.65. The lowest BCUT2D eigenvalue weighted by Crippen LogP contribution is -2.40. The molecule has 0 saturated heterocycles. The summed E-state index contributed by atoms with van der Waals surface area (Å²) < 4.78 is 11.0. The minimum Gasteiger partial charge on any atom is -0.493 e. The van der Waals surface area contributed by atoms with Crippen LogP contribution in [-0.4, -0.2) is 45.2 Å². The zero-order valence-electron chi connectivity index (χ0n) is 15.6.